The topological polar surface area (TPSA) is 52.7 Å². The lowest BCUT2D eigenvalue weighted by molar-refractivity contribution is 0.490. The summed E-state index contributed by atoms with van der Waals surface area (Å²) in [6, 6.07) is 10.9. The van der Waals surface area contributed by atoms with Gasteiger partial charge in [-0.3, -0.25) is 5.10 Å². The molecule has 2 unspecified atom stereocenters. The number of aromatic amines is 1. The van der Waals surface area contributed by atoms with Crippen LogP contribution in [0.2, 0.25) is 0 Å². The predicted molar refractivity (Wildman–Crippen MR) is 127 cm³/mol. The maximum Gasteiger partial charge on any atom is 0.0927 e. The third-order valence-corrected chi connectivity index (χ3v) is 5.78. The summed E-state index contributed by atoms with van der Waals surface area (Å²) >= 11 is 0. The Hall–Kier alpha value is -2.85. The maximum absolute atomic E-state index is 4.57. The second-order valence-electron chi connectivity index (χ2n) is 8.65. The lowest BCUT2D eigenvalue weighted by atomic mass is 9.93. The molecule has 1 aromatic carbocycles. The minimum Gasteiger partial charge on any atom is -0.383 e. The fourth-order valence-corrected chi connectivity index (χ4v) is 4.20. The number of nitrogens with zero attached hydrogens (tertiary/aromatic N) is 1. The van der Waals surface area contributed by atoms with Crippen LogP contribution in [0.25, 0.3) is 22.5 Å². The second-order valence-corrected chi connectivity index (χ2v) is 8.65. The van der Waals surface area contributed by atoms with Crippen LogP contribution >= 0.6 is 0 Å². The van der Waals surface area contributed by atoms with Crippen LogP contribution < -0.4 is 10.6 Å². The Morgan fingerprint density at radius 2 is 2.17 bits per heavy atom. The van der Waals surface area contributed by atoms with Gasteiger partial charge in [0.2, 0.25) is 0 Å². The number of aromatic nitrogens is 2. The highest BCUT2D eigenvalue weighted by Gasteiger charge is 2.18. The van der Waals surface area contributed by atoms with E-state index >= 15 is 0 Å². The summed E-state index contributed by atoms with van der Waals surface area (Å²) in [5.74, 6) is 1.29. The monoisotopic (exact) mass is 400 g/mol. The Morgan fingerprint density at radius 3 is 2.97 bits per heavy atom. The molecular formula is C26H32N4. The van der Waals surface area contributed by atoms with Crippen molar-refractivity contribution < 1.29 is 0 Å². The van der Waals surface area contributed by atoms with Gasteiger partial charge in [-0.15, -0.1) is 0 Å². The molecular weight excluding hydrogens is 368 g/mol. The van der Waals surface area contributed by atoms with Crippen LogP contribution in [-0.4, -0.2) is 29.3 Å². The zero-order chi connectivity index (χ0) is 20.9. The number of nitrogens with one attached hydrogen (secondary N) is 3. The van der Waals surface area contributed by atoms with Gasteiger partial charge in [-0.05, 0) is 74.9 Å². The quantitative estimate of drug-likeness (QED) is 0.601. The van der Waals surface area contributed by atoms with Crippen LogP contribution in [0.5, 0.6) is 0 Å². The van der Waals surface area contributed by atoms with Gasteiger partial charge in [-0.2, -0.15) is 5.10 Å². The number of benzene rings is 1. The van der Waals surface area contributed by atoms with Crippen molar-refractivity contribution in [1.82, 2.24) is 20.8 Å². The van der Waals surface area contributed by atoms with E-state index in [-0.39, 0.29) is 0 Å². The smallest absolute Gasteiger partial charge is 0.0927 e. The molecule has 3 N–H and O–H groups in total. The Bertz CT molecular complexity index is 970. The Kier molecular flexibility index (Phi) is 6.34. The summed E-state index contributed by atoms with van der Waals surface area (Å²) in [6.45, 7) is 10.7. The second kappa shape index (κ2) is 9.31. The zero-order valence-corrected chi connectivity index (χ0v) is 18.0. The molecule has 0 amide bonds. The summed E-state index contributed by atoms with van der Waals surface area (Å²) in [5.41, 5.74) is 6.26. The van der Waals surface area contributed by atoms with Gasteiger partial charge in [0.05, 0.1) is 11.4 Å². The zero-order valence-electron chi connectivity index (χ0n) is 18.0. The summed E-state index contributed by atoms with van der Waals surface area (Å²) in [6.07, 6.45) is 13.7. The predicted octanol–water partition coefficient (Wildman–Crippen LogP) is 5.17. The highest BCUT2D eigenvalue weighted by Crippen LogP contribution is 2.27. The van der Waals surface area contributed by atoms with E-state index in [1.807, 2.05) is 0 Å². The molecule has 156 valence electrons. The van der Waals surface area contributed by atoms with E-state index in [0.29, 0.717) is 12.0 Å². The maximum atomic E-state index is 4.57. The van der Waals surface area contributed by atoms with Crippen LogP contribution in [0.3, 0.4) is 0 Å². The van der Waals surface area contributed by atoms with Gasteiger partial charge in [-0.1, -0.05) is 55.2 Å². The number of hydrogen-bond acceptors (Lipinski definition) is 3. The number of hydrogen-bond donors (Lipinski definition) is 3. The SMILES string of the molecule is C=C(NC(C)C)c1cccc(-c2cc(C3=CC=CC(CC4CCNC4)C=C3)[nH]n2)c1. The lowest BCUT2D eigenvalue weighted by Gasteiger charge is -2.13. The first-order chi connectivity index (χ1) is 14.6. The van der Waals surface area contributed by atoms with Crippen molar-refractivity contribution in [3.8, 4) is 11.3 Å². The minimum atomic E-state index is 0.355. The normalized spacial score (nSPS) is 21.0. The highest BCUT2D eigenvalue weighted by molar-refractivity contribution is 5.77. The lowest BCUT2D eigenvalue weighted by Crippen LogP contribution is -2.20. The summed E-state index contributed by atoms with van der Waals surface area (Å²) in [7, 11) is 0. The molecule has 1 aliphatic heterocycles. The molecule has 1 saturated heterocycles. The van der Waals surface area contributed by atoms with E-state index in [2.05, 4.69) is 102 Å². The fraction of sp³-hybridized carbons (Fsp3) is 0.346. The van der Waals surface area contributed by atoms with E-state index in [4.69, 9.17) is 0 Å². The van der Waals surface area contributed by atoms with Gasteiger partial charge in [0.15, 0.2) is 0 Å². The molecule has 0 bridgehead atoms. The molecule has 4 nitrogen and oxygen atoms in total. The van der Waals surface area contributed by atoms with Gasteiger partial charge in [-0.25, -0.2) is 0 Å². The van der Waals surface area contributed by atoms with E-state index < -0.39 is 0 Å². The Labute approximate surface area is 179 Å². The van der Waals surface area contributed by atoms with Gasteiger partial charge >= 0.3 is 0 Å². The summed E-state index contributed by atoms with van der Waals surface area (Å²) < 4.78 is 0. The molecule has 2 atom stereocenters. The van der Waals surface area contributed by atoms with E-state index in [1.54, 1.807) is 0 Å². The standard InChI is InChI=1S/C26H32N4/c1-18(2)28-19(3)23-8-5-9-24(15-23)26-16-25(29-30-26)22-7-4-6-20(10-11-22)14-21-12-13-27-17-21/h4-11,15-16,18,20-21,27-28H,3,12-14,17H2,1-2H3,(H,29,30). The molecule has 1 aromatic heterocycles. The first-order valence-corrected chi connectivity index (χ1v) is 11.0. The van der Waals surface area contributed by atoms with Gasteiger partial charge in [0.1, 0.15) is 0 Å². The van der Waals surface area contributed by atoms with Crippen LogP contribution in [0.15, 0.2) is 67.3 Å². The molecule has 4 heteroatoms. The average Bonchev–Trinajstić information content (AvgIpc) is 3.37. The van der Waals surface area contributed by atoms with Crippen molar-refractivity contribution in [3.63, 3.8) is 0 Å². The van der Waals surface area contributed by atoms with E-state index in [9.17, 15) is 0 Å². The third-order valence-electron chi connectivity index (χ3n) is 5.78. The first-order valence-electron chi connectivity index (χ1n) is 11.0. The van der Waals surface area contributed by atoms with E-state index in [1.165, 1.54) is 18.4 Å². The molecule has 2 heterocycles. The van der Waals surface area contributed by atoms with Crippen molar-refractivity contribution >= 4 is 11.3 Å². The number of allylic oxidation sites excluding steroid dienone is 6. The molecule has 0 saturated carbocycles. The number of H-pyrrole nitrogens is 1. The number of rotatable bonds is 7. The molecule has 0 radical (unpaired) electrons. The fourth-order valence-electron chi connectivity index (χ4n) is 4.20. The van der Waals surface area contributed by atoms with Crippen molar-refractivity contribution in [2.24, 2.45) is 11.8 Å². The molecule has 2 aliphatic rings. The van der Waals surface area contributed by atoms with Crippen molar-refractivity contribution in [3.05, 3.63) is 78.5 Å². The molecule has 1 aliphatic carbocycles. The largest absolute Gasteiger partial charge is 0.383 e. The Morgan fingerprint density at radius 1 is 1.27 bits per heavy atom. The van der Waals surface area contributed by atoms with E-state index in [0.717, 1.165) is 47.2 Å². The summed E-state index contributed by atoms with van der Waals surface area (Å²) in [4.78, 5) is 0. The summed E-state index contributed by atoms with van der Waals surface area (Å²) in [5, 5.41) is 14.6. The van der Waals surface area contributed by atoms with Crippen LogP contribution in [0.1, 0.15) is 37.9 Å². The minimum absolute atomic E-state index is 0.355. The van der Waals surface area contributed by atoms with Crippen LogP contribution in [0, 0.1) is 11.8 Å². The molecule has 4 rings (SSSR count). The first kappa shape index (κ1) is 20.4. The average molecular weight is 401 g/mol. The highest BCUT2D eigenvalue weighted by atomic mass is 15.1. The molecule has 1 fully saturated rings. The van der Waals surface area contributed by atoms with Crippen LogP contribution in [0.4, 0.5) is 0 Å². The van der Waals surface area contributed by atoms with Gasteiger partial charge in [0, 0.05) is 17.3 Å². The third kappa shape index (κ3) is 5.00. The van der Waals surface area contributed by atoms with Crippen molar-refractivity contribution in [2.75, 3.05) is 13.1 Å². The van der Waals surface area contributed by atoms with Crippen molar-refractivity contribution in [1.29, 1.82) is 0 Å². The van der Waals surface area contributed by atoms with Gasteiger partial charge in [0.25, 0.3) is 0 Å². The van der Waals surface area contributed by atoms with Crippen LogP contribution in [-0.2, 0) is 0 Å². The molecule has 30 heavy (non-hydrogen) atoms. The molecule has 0 spiro atoms. The van der Waals surface area contributed by atoms with Crippen molar-refractivity contribution in [2.45, 2.75) is 32.7 Å². The Balaban J connectivity index is 1.47. The molecule has 2 aromatic rings. The van der Waals surface area contributed by atoms with Gasteiger partial charge < -0.3 is 10.6 Å².